The summed E-state index contributed by atoms with van der Waals surface area (Å²) in [5.41, 5.74) is 3.26. The highest BCUT2D eigenvalue weighted by Gasteiger charge is 2.42. The standard InChI is InChI=1S/C23H25N3O4/c1-3-30-22(28)19-20(16-9-6-10-18(13-16)29-2)24-23(25-21(19)27)26-12-11-15-7-4-5-8-17(15)14-26/h4-10,13,19-20H,3,11-12,14H2,1-2H3,(H,24,25,27)/t19-,20-/m1/s1. The number of aliphatic imine (C=N–C) groups is 1. The fourth-order valence-corrected chi connectivity index (χ4v) is 3.97. The summed E-state index contributed by atoms with van der Waals surface area (Å²) < 4.78 is 10.5. The molecule has 4 rings (SSSR count). The molecule has 0 radical (unpaired) electrons. The number of amides is 1. The lowest BCUT2D eigenvalue weighted by molar-refractivity contribution is -0.153. The second kappa shape index (κ2) is 8.57. The number of carbonyl (C=O) groups excluding carboxylic acids is 2. The molecule has 0 unspecified atom stereocenters. The van der Waals surface area contributed by atoms with E-state index in [1.54, 1.807) is 14.0 Å². The van der Waals surface area contributed by atoms with E-state index < -0.39 is 23.8 Å². The van der Waals surface area contributed by atoms with Crippen molar-refractivity contribution in [2.24, 2.45) is 10.9 Å². The lowest BCUT2D eigenvalue weighted by Crippen LogP contribution is -2.53. The van der Waals surface area contributed by atoms with Gasteiger partial charge in [-0.25, -0.2) is 4.99 Å². The van der Waals surface area contributed by atoms with Crippen LogP contribution in [0, 0.1) is 5.92 Å². The van der Waals surface area contributed by atoms with Crippen LogP contribution in [0.4, 0.5) is 0 Å². The summed E-state index contributed by atoms with van der Waals surface area (Å²) in [5, 5.41) is 2.84. The van der Waals surface area contributed by atoms with Gasteiger partial charge in [0, 0.05) is 13.1 Å². The molecule has 2 atom stereocenters. The summed E-state index contributed by atoms with van der Waals surface area (Å²) in [7, 11) is 1.58. The molecule has 2 heterocycles. The van der Waals surface area contributed by atoms with Crippen molar-refractivity contribution in [1.82, 2.24) is 10.2 Å². The minimum Gasteiger partial charge on any atom is -0.497 e. The fraction of sp³-hybridized carbons (Fsp3) is 0.348. The van der Waals surface area contributed by atoms with Gasteiger partial charge in [-0.1, -0.05) is 36.4 Å². The van der Waals surface area contributed by atoms with Crippen molar-refractivity contribution < 1.29 is 19.1 Å². The number of nitrogens with one attached hydrogen (secondary N) is 1. The zero-order valence-corrected chi connectivity index (χ0v) is 17.1. The number of rotatable bonds is 4. The Labute approximate surface area is 175 Å². The minimum atomic E-state index is -1.04. The van der Waals surface area contributed by atoms with Gasteiger partial charge in [-0.05, 0) is 42.2 Å². The smallest absolute Gasteiger partial charge is 0.321 e. The first-order valence-corrected chi connectivity index (χ1v) is 10.1. The maximum absolute atomic E-state index is 13.0. The molecule has 156 valence electrons. The van der Waals surface area contributed by atoms with Crippen molar-refractivity contribution >= 4 is 17.8 Å². The summed E-state index contributed by atoms with van der Waals surface area (Å²) in [6.45, 7) is 3.32. The molecular formula is C23H25N3O4. The highest BCUT2D eigenvalue weighted by Crippen LogP contribution is 2.33. The molecule has 2 aromatic carbocycles. The Kier molecular flexibility index (Phi) is 5.70. The number of benzene rings is 2. The van der Waals surface area contributed by atoms with Crippen molar-refractivity contribution in [2.75, 3.05) is 20.3 Å². The number of hydrogen-bond acceptors (Lipinski definition) is 6. The Morgan fingerprint density at radius 3 is 2.77 bits per heavy atom. The maximum Gasteiger partial charge on any atom is 0.321 e. The van der Waals surface area contributed by atoms with Crippen LogP contribution in [0.2, 0.25) is 0 Å². The van der Waals surface area contributed by atoms with Crippen LogP contribution in [0.5, 0.6) is 5.75 Å². The summed E-state index contributed by atoms with van der Waals surface area (Å²) in [5.74, 6) is -0.884. The predicted molar refractivity (Wildman–Crippen MR) is 112 cm³/mol. The third kappa shape index (κ3) is 3.87. The van der Waals surface area contributed by atoms with Gasteiger partial charge in [0.1, 0.15) is 11.8 Å². The van der Waals surface area contributed by atoms with E-state index in [0.717, 1.165) is 18.5 Å². The molecule has 0 spiro atoms. The molecule has 0 bridgehead atoms. The lowest BCUT2D eigenvalue weighted by atomic mass is 9.91. The normalized spacial score (nSPS) is 20.7. The largest absolute Gasteiger partial charge is 0.497 e. The van der Waals surface area contributed by atoms with Gasteiger partial charge in [0.25, 0.3) is 0 Å². The van der Waals surface area contributed by atoms with E-state index in [4.69, 9.17) is 14.5 Å². The van der Waals surface area contributed by atoms with Crippen LogP contribution >= 0.6 is 0 Å². The van der Waals surface area contributed by atoms with E-state index >= 15 is 0 Å². The van der Waals surface area contributed by atoms with Gasteiger partial charge in [0.2, 0.25) is 11.9 Å². The Hall–Kier alpha value is -3.35. The number of guanidine groups is 1. The van der Waals surface area contributed by atoms with Crippen LogP contribution < -0.4 is 10.1 Å². The maximum atomic E-state index is 13.0. The molecule has 2 aromatic rings. The Balaban J connectivity index is 1.70. The molecule has 30 heavy (non-hydrogen) atoms. The van der Waals surface area contributed by atoms with Crippen LogP contribution in [0.1, 0.15) is 29.7 Å². The molecule has 0 aliphatic carbocycles. The van der Waals surface area contributed by atoms with E-state index in [-0.39, 0.29) is 6.61 Å². The van der Waals surface area contributed by atoms with E-state index in [9.17, 15) is 9.59 Å². The molecule has 1 amide bonds. The number of fused-ring (bicyclic) bond motifs is 1. The average molecular weight is 407 g/mol. The quantitative estimate of drug-likeness (QED) is 0.622. The van der Waals surface area contributed by atoms with Crippen molar-refractivity contribution in [3.63, 3.8) is 0 Å². The molecule has 0 saturated carbocycles. The highest BCUT2D eigenvalue weighted by molar-refractivity contribution is 6.08. The first-order valence-electron chi connectivity index (χ1n) is 10.1. The van der Waals surface area contributed by atoms with Crippen LogP contribution in [0.3, 0.4) is 0 Å². The van der Waals surface area contributed by atoms with Crippen LogP contribution in [-0.2, 0) is 27.3 Å². The number of nitrogens with zero attached hydrogens (tertiary/aromatic N) is 2. The second-order valence-electron chi connectivity index (χ2n) is 7.33. The summed E-state index contributed by atoms with van der Waals surface area (Å²) in [6.07, 6.45) is 0.871. The van der Waals surface area contributed by atoms with E-state index in [2.05, 4.69) is 22.3 Å². The molecule has 1 N–H and O–H groups in total. The summed E-state index contributed by atoms with van der Waals surface area (Å²) >= 11 is 0. The van der Waals surface area contributed by atoms with Crippen LogP contribution in [0.25, 0.3) is 0 Å². The third-order valence-corrected chi connectivity index (χ3v) is 5.50. The summed E-state index contributed by atoms with van der Waals surface area (Å²) in [4.78, 5) is 32.5. The van der Waals surface area contributed by atoms with Crippen molar-refractivity contribution in [2.45, 2.75) is 25.9 Å². The van der Waals surface area contributed by atoms with Gasteiger partial charge in [-0.2, -0.15) is 0 Å². The Bertz CT molecular complexity index is 988. The molecule has 0 fully saturated rings. The molecule has 0 aromatic heterocycles. The topological polar surface area (TPSA) is 80.2 Å². The lowest BCUT2D eigenvalue weighted by Gasteiger charge is -2.36. The Morgan fingerprint density at radius 2 is 2.00 bits per heavy atom. The first-order chi connectivity index (χ1) is 14.6. The molecule has 0 saturated heterocycles. The SMILES string of the molecule is CCOC(=O)[C@H]1C(=O)NC(N2CCc3ccccc3C2)=N[C@@H]1c1cccc(OC)c1. The fourth-order valence-electron chi connectivity index (χ4n) is 3.97. The zero-order chi connectivity index (χ0) is 21.1. The Morgan fingerprint density at radius 1 is 1.20 bits per heavy atom. The second-order valence-corrected chi connectivity index (χ2v) is 7.33. The number of carbonyl (C=O) groups is 2. The average Bonchev–Trinajstić information content (AvgIpc) is 2.78. The van der Waals surface area contributed by atoms with E-state index in [1.165, 1.54) is 11.1 Å². The molecule has 7 nitrogen and oxygen atoms in total. The molecule has 7 heteroatoms. The van der Waals surface area contributed by atoms with E-state index in [0.29, 0.717) is 18.3 Å². The minimum absolute atomic E-state index is 0.201. The molecular weight excluding hydrogens is 382 g/mol. The monoisotopic (exact) mass is 407 g/mol. The predicted octanol–water partition coefficient (Wildman–Crippen LogP) is 2.46. The third-order valence-electron chi connectivity index (χ3n) is 5.50. The summed E-state index contributed by atoms with van der Waals surface area (Å²) in [6, 6.07) is 14.9. The van der Waals surface area contributed by atoms with Crippen molar-refractivity contribution in [1.29, 1.82) is 0 Å². The van der Waals surface area contributed by atoms with Crippen LogP contribution in [-0.4, -0.2) is 43.0 Å². The number of methoxy groups -OCH3 is 1. The molecule has 2 aliphatic rings. The van der Waals surface area contributed by atoms with Crippen molar-refractivity contribution in [3.05, 3.63) is 65.2 Å². The number of ether oxygens (including phenoxy) is 2. The first kappa shape index (κ1) is 19.9. The highest BCUT2D eigenvalue weighted by atomic mass is 16.5. The van der Waals surface area contributed by atoms with Crippen molar-refractivity contribution in [3.8, 4) is 5.75 Å². The van der Waals surface area contributed by atoms with Gasteiger partial charge in [-0.3, -0.25) is 14.9 Å². The zero-order valence-electron chi connectivity index (χ0n) is 17.1. The van der Waals surface area contributed by atoms with Gasteiger partial charge in [0.05, 0.1) is 13.7 Å². The molecule has 2 aliphatic heterocycles. The van der Waals surface area contributed by atoms with E-state index in [1.807, 2.05) is 36.4 Å². The van der Waals surface area contributed by atoms with Gasteiger partial charge < -0.3 is 14.4 Å². The van der Waals surface area contributed by atoms with Gasteiger partial charge in [-0.15, -0.1) is 0 Å². The number of esters is 1. The van der Waals surface area contributed by atoms with Gasteiger partial charge in [0.15, 0.2) is 5.92 Å². The number of hydrogen-bond donors (Lipinski definition) is 1. The van der Waals surface area contributed by atoms with Crippen LogP contribution in [0.15, 0.2) is 53.5 Å². The van der Waals surface area contributed by atoms with Gasteiger partial charge >= 0.3 is 5.97 Å².